The molecule has 5 aliphatic rings. The van der Waals surface area contributed by atoms with Crippen LogP contribution in [-0.4, -0.2) is 30.8 Å². The molecule has 3 atom stereocenters. The van der Waals surface area contributed by atoms with Crippen LogP contribution >= 0.6 is 0 Å². The molecule has 1 fully saturated rings. The van der Waals surface area contributed by atoms with Crippen molar-refractivity contribution < 1.29 is 4.74 Å². The predicted octanol–water partition coefficient (Wildman–Crippen LogP) is 9.09. The van der Waals surface area contributed by atoms with Gasteiger partial charge in [-0.2, -0.15) is 0 Å². The van der Waals surface area contributed by atoms with Crippen LogP contribution in [0.2, 0.25) is 0 Å². The molecule has 1 heterocycles. The molecule has 0 aromatic heterocycles. The Bertz CT molecular complexity index is 3660. The van der Waals surface area contributed by atoms with Crippen LogP contribution in [0, 0.1) is 5.92 Å². The molecule has 48 heavy (non-hydrogen) atoms. The Labute approximate surface area is 272 Å². The predicted molar refractivity (Wildman–Crippen MR) is 200 cm³/mol. The Balaban J connectivity index is 1.30. The Morgan fingerprint density at radius 2 is 1.19 bits per heavy atom. The maximum atomic E-state index is 6.28. The van der Waals surface area contributed by atoms with Crippen LogP contribution in [0.3, 0.4) is 0 Å². The number of rotatable bonds is 4. The summed E-state index contributed by atoms with van der Waals surface area (Å²) in [5.74, 6) is 0.541. The highest BCUT2D eigenvalue weighted by Gasteiger charge is 2.61. The van der Waals surface area contributed by atoms with Crippen molar-refractivity contribution in [1.29, 1.82) is 0 Å². The summed E-state index contributed by atoms with van der Waals surface area (Å²) in [6, 6.07) is 13.5. The standard InChI is InChI=1S/C46H27NO/c1-3-24-46-12-21-10-19-8-16-5-15-6-18-7-17-9-20-11-22(23(46)13-47(24)14-48-4-2)32-37-28(20)27(17)34-29(18)33-25(15)26(16)35-30(19)36-31(21)45(46)44(32)43-41(36)39(35)38(33)40(34)42(37)43/h5-8,10,23-24H,3-4,9,11-14H2,1-2H3. The van der Waals surface area contributed by atoms with Gasteiger partial charge in [-0.25, -0.2) is 0 Å². The van der Waals surface area contributed by atoms with E-state index in [4.69, 9.17) is 4.74 Å². The molecule has 4 aliphatic carbocycles. The lowest BCUT2D eigenvalue weighted by molar-refractivity contribution is 0.0192. The summed E-state index contributed by atoms with van der Waals surface area (Å²) in [4.78, 5) is 2.78. The molecule has 3 unspecified atom stereocenters. The third kappa shape index (κ3) is 1.63. The molecule has 0 bridgehead atoms. The van der Waals surface area contributed by atoms with Crippen molar-refractivity contribution in [2.45, 2.75) is 51.0 Å². The summed E-state index contributed by atoms with van der Waals surface area (Å²) in [6.07, 6.45) is 4.64. The molecule has 12 aromatic rings. The highest BCUT2D eigenvalue weighted by Crippen LogP contribution is 2.68. The van der Waals surface area contributed by atoms with Gasteiger partial charge >= 0.3 is 0 Å². The number of fused-ring (bicyclic) bond motifs is 1. The summed E-state index contributed by atoms with van der Waals surface area (Å²) < 4.78 is 6.28. The van der Waals surface area contributed by atoms with Gasteiger partial charge in [0.05, 0.1) is 6.73 Å². The second kappa shape index (κ2) is 5.99. The first-order chi connectivity index (χ1) is 23.7. The summed E-state index contributed by atoms with van der Waals surface area (Å²) in [6.45, 7) is 7.30. The van der Waals surface area contributed by atoms with Crippen LogP contribution < -0.4 is 10.4 Å². The number of hydrogen-bond acceptors (Lipinski definition) is 2. The number of likely N-dealkylation sites (tertiary alicyclic amines) is 1. The molecule has 2 heteroatoms. The van der Waals surface area contributed by atoms with Gasteiger partial charge in [0.15, 0.2) is 0 Å². The van der Waals surface area contributed by atoms with E-state index in [0.717, 1.165) is 32.7 Å². The fourth-order valence-electron chi connectivity index (χ4n) is 15.2. The first kappa shape index (κ1) is 22.2. The third-order valence-corrected chi connectivity index (χ3v) is 15.9. The lowest BCUT2D eigenvalue weighted by Gasteiger charge is -2.42. The van der Waals surface area contributed by atoms with E-state index in [0.29, 0.717) is 12.0 Å². The van der Waals surface area contributed by atoms with Gasteiger partial charge in [-0.15, -0.1) is 0 Å². The molecule has 0 N–H and O–H groups in total. The van der Waals surface area contributed by atoms with Crippen molar-refractivity contribution in [2.75, 3.05) is 19.9 Å². The Hall–Kier alpha value is -4.50. The minimum Gasteiger partial charge on any atom is -0.366 e. The minimum absolute atomic E-state index is 0.116. The summed E-state index contributed by atoms with van der Waals surface area (Å²) in [5, 5.41) is 38.5. The van der Waals surface area contributed by atoms with Gasteiger partial charge in [0.2, 0.25) is 0 Å². The number of benzene rings is 8. The zero-order chi connectivity index (χ0) is 30.2. The average Bonchev–Trinajstić information content (AvgIpc) is 3.93. The van der Waals surface area contributed by atoms with Gasteiger partial charge < -0.3 is 4.74 Å². The van der Waals surface area contributed by atoms with E-state index >= 15 is 0 Å². The van der Waals surface area contributed by atoms with Crippen molar-refractivity contribution in [3.8, 4) is 0 Å². The van der Waals surface area contributed by atoms with E-state index in [9.17, 15) is 0 Å². The van der Waals surface area contributed by atoms with Crippen LogP contribution in [-0.2, 0) is 23.0 Å². The van der Waals surface area contributed by atoms with Gasteiger partial charge in [-0.3, -0.25) is 4.90 Å². The van der Waals surface area contributed by atoms with Gasteiger partial charge in [0.25, 0.3) is 0 Å². The monoisotopic (exact) mass is 609 g/mol. The molecular weight excluding hydrogens is 583 g/mol. The van der Waals surface area contributed by atoms with Gasteiger partial charge in [-0.05, 0) is 196 Å². The quantitative estimate of drug-likeness (QED) is 0.185. The SMILES string of the molecule is CCOCN1CC2C3=c4c5c6c7c(cc8cc9cc%10cc%11cc%12c%13c(c4c4c5c5c7c8c7c9c%10c8c%11c%13c4c8c75)=C(C3)C%12)CC62C1CC. The van der Waals surface area contributed by atoms with Gasteiger partial charge in [-0.1, -0.05) is 30.2 Å². The molecule has 222 valence electrons. The lowest BCUT2D eigenvalue weighted by Crippen LogP contribution is -2.48. The van der Waals surface area contributed by atoms with Crippen LogP contribution in [0.4, 0.5) is 0 Å². The molecule has 0 amide bonds. The third-order valence-electron chi connectivity index (χ3n) is 15.9. The molecule has 0 radical (unpaired) electrons. The van der Waals surface area contributed by atoms with E-state index in [1.54, 1.807) is 135 Å². The smallest absolute Gasteiger partial charge is 0.0992 e. The van der Waals surface area contributed by atoms with Gasteiger partial charge in [0, 0.05) is 30.5 Å². The van der Waals surface area contributed by atoms with E-state index in [-0.39, 0.29) is 5.41 Å². The first-order valence-electron chi connectivity index (χ1n) is 18.6. The molecule has 17 rings (SSSR count). The molecule has 12 aromatic carbocycles. The molecule has 0 saturated carbocycles. The second-order valence-corrected chi connectivity index (χ2v) is 17.0. The van der Waals surface area contributed by atoms with Crippen LogP contribution in [0.5, 0.6) is 0 Å². The topological polar surface area (TPSA) is 12.5 Å². The van der Waals surface area contributed by atoms with Crippen molar-refractivity contribution in [1.82, 2.24) is 4.90 Å². The average molecular weight is 610 g/mol. The molecule has 2 nitrogen and oxygen atoms in total. The van der Waals surface area contributed by atoms with E-state index < -0.39 is 0 Å². The van der Waals surface area contributed by atoms with Crippen molar-refractivity contribution in [3.63, 3.8) is 0 Å². The normalized spacial score (nSPS) is 25.2. The fourth-order valence-corrected chi connectivity index (χ4v) is 15.2. The lowest BCUT2D eigenvalue weighted by atomic mass is 9.60. The Kier molecular flexibility index (Phi) is 2.77. The van der Waals surface area contributed by atoms with Gasteiger partial charge in [0.1, 0.15) is 0 Å². The Morgan fingerprint density at radius 1 is 0.604 bits per heavy atom. The summed E-state index contributed by atoms with van der Waals surface area (Å²) in [7, 11) is 0. The van der Waals surface area contributed by atoms with E-state index in [1.807, 2.05) is 0 Å². The first-order valence-corrected chi connectivity index (χ1v) is 18.6. The Morgan fingerprint density at radius 3 is 1.90 bits per heavy atom. The zero-order valence-electron chi connectivity index (χ0n) is 26.8. The zero-order valence-corrected chi connectivity index (χ0v) is 26.8. The molecule has 1 saturated heterocycles. The van der Waals surface area contributed by atoms with Crippen molar-refractivity contribution in [3.05, 3.63) is 57.5 Å². The maximum Gasteiger partial charge on any atom is 0.0992 e. The second-order valence-electron chi connectivity index (χ2n) is 17.0. The highest BCUT2D eigenvalue weighted by atomic mass is 16.5. The van der Waals surface area contributed by atoms with E-state index in [1.165, 1.54) is 34.4 Å². The summed E-state index contributed by atoms with van der Waals surface area (Å²) in [5.41, 5.74) is 8.65. The van der Waals surface area contributed by atoms with Crippen molar-refractivity contribution in [2.24, 2.45) is 5.92 Å². The molecule has 1 spiro atoms. The number of nitrogens with zero attached hydrogens (tertiary/aromatic N) is 1. The highest BCUT2D eigenvalue weighted by molar-refractivity contribution is 6.63. The fraction of sp³-hybridized carbons (Fsp3) is 0.261. The number of hydrogen-bond donors (Lipinski definition) is 0. The van der Waals surface area contributed by atoms with E-state index in [2.05, 4.69) is 49.1 Å². The molecule has 1 aliphatic heterocycles. The van der Waals surface area contributed by atoms with Crippen LogP contribution in [0.25, 0.3) is 130 Å². The minimum atomic E-state index is 0.116. The van der Waals surface area contributed by atoms with Crippen molar-refractivity contribution >= 4 is 130 Å². The number of ether oxygens (including phenoxy) is 1. The van der Waals surface area contributed by atoms with Crippen LogP contribution in [0.1, 0.15) is 43.4 Å². The van der Waals surface area contributed by atoms with Crippen LogP contribution in [0.15, 0.2) is 30.3 Å². The largest absolute Gasteiger partial charge is 0.366 e. The molecular formula is C46H27NO. The maximum absolute atomic E-state index is 6.28. The summed E-state index contributed by atoms with van der Waals surface area (Å²) >= 11 is 0.